The maximum atomic E-state index is 14.9. The second kappa shape index (κ2) is 9.19. The van der Waals surface area contributed by atoms with E-state index in [0.717, 1.165) is 25.1 Å². The maximum Gasteiger partial charge on any atom is 0.262 e. The average Bonchev–Trinajstić information content (AvgIpc) is 3.60. The number of pyridine rings is 2. The van der Waals surface area contributed by atoms with Crippen molar-refractivity contribution in [2.24, 2.45) is 0 Å². The highest BCUT2D eigenvalue weighted by molar-refractivity contribution is 7.89. The zero-order valence-electron chi connectivity index (χ0n) is 17.3. The number of hydrogen-bond donors (Lipinski definition) is 2. The fourth-order valence-corrected chi connectivity index (χ4v) is 3.86. The molecule has 3 aromatic rings. The van der Waals surface area contributed by atoms with Crippen molar-refractivity contribution in [1.82, 2.24) is 14.7 Å². The number of benzene rings is 1. The van der Waals surface area contributed by atoms with Crippen LogP contribution in [0.4, 0.5) is 14.5 Å². The molecule has 2 heterocycles. The number of aryl methyl sites for hydroxylation is 1. The van der Waals surface area contributed by atoms with Gasteiger partial charge in [0, 0.05) is 24.7 Å². The summed E-state index contributed by atoms with van der Waals surface area (Å²) in [5.41, 5.74) is 0.742. The monoisotopic (exact) mass is 458 g/mol. The van der Waals surface area contributed by atoms with Crippen LogP contribution in [-0.2, 0) is 11.4 Å². The van der Waals surface area contributed by atoms with E-state index < -0.39 is 29.0 Å². The first-order valence-corrected chi connectivity index (χ1v) is 11.0. The molecule has 2 aromatic heterocycles. The van der Waals surface area contributed by atoms with Crippen molar-refractivity contribution < 1.29 is 22.9 Å². The summed E-state index contributed by atoms with van der Waals surface area (Å²) in [7, 11) is 1.54. The molecule has 0 saturated heterocycles. The first-order valence-electron chi connectivity index (χ1n) is 9.87. The zero-order valence-corrected chi connectivity index (χ0v) is 18.1. The largest absolute Gasteiger partial charge is 0.593 e. The third-order valence-corrected chi connectivity index (χ3v) is 5.97. The number of hydrogen-bond acceptors (Lipinski definition) is 6. The predicted molar refractivity (Wildman–Crippen MR) is 115 cm³/mol. The first kappa shape index (κ1) is 22.1. The van der Waals surface area contributed by atoms with Crippen LogP contribution < -0.4 is 14.8 Å². The third-order valence-electron chi connectivity index (χ3n) is 4.91. The topological polar surface area (TPSA) is 99.2 Å². The summed E-state index contributed by atoms with van der Waals surface area (Å²) in [5, 5.41) is 2.63. The molecule has 0 spiro atoms. The molecule has 1 saturated carbocycles. The van der Waals surface area contributed by atoms with Crippen LogP contribution in [0.3, 0.4) is 0 Å². The predicted octanol–water partition coefficient (Wildman–Crippen LogP) is 4.23. The van der Waals surface area contributed by atoms with Gasteiger partial charge in [0.05, 0.1) is 28.9 Å². The summed E-state index contributed by atoms with van der Waals surface area (Å²) in [4.78, 5) is 21.4. The van der Waals surface area contributed by atoms with Gasteiger partial charge >= 0.3 is 0 Å². The highest BCUT2D eigenvalue weighted by atomic mass is 32.2. The summed E-state index contributed by atoms with van der Waals surface area (Å²) in [5.74, 6) is -2.05. The van der Waals surface area contributed by atoms with E-state index in [4.69, 9.17) is 4.74 Å². The Morgan fingerprint density at radius 1 is 1.25 bits per heavy atom. The van der Waals surface area contributed by atoms with Crippen molar-refractivity contribution in [3.8, 4) is 11.5 Å². The van der Waals surface area contributed by atoms with Crippen LogP contribution in [0.15, 0.2) is 47.5 Å². The molecule has 2 N–H and O–H groups in total. The molecule has 0 radical (unpaired) electrons. The van der Waals surface area contributed by atoms with Gasteiger partial charge in [-0.3, -0.25) is 9.78 Å². The van der Waals surface area contributed by atoms with Crippen molar-refractivity contribution in [2.75, 3.05) is 12.4 Å². The second-order valence-corrected chi connectivity index (χ2v) is 8.66. The molecular formula is C22H20F2N4O3S. The highest BCUT2D eigenvalue weighted by Gasteiger charge is 2.33. The van der Waals surface area contributed by atoms with Gasteiger partial charge in [-0.25, -0.2) is 9.37 Å². The Labute approximate surface area is 186 Å². The molecule has 32 heavy (non-hydrogen) atoms. The molecule has 1 fully saturated rings. The Balaban J connectivity index is 1.71. The summed E-state index contributed by atoms with van der Waals surface area (Å²) in [6.07, 6.45) is 2.68. The molecule has 10 heteroatoms. The number of aromatic nitrogens is 2. The van der Waals surface area contributed by atoms with Gasteiger partial charge in [0.1, 0.15) is 11.3 Å². The van der Waals surface area contributed by atoms with E-state index in [1.807, 2.05) is 0 Å². The first-order chi connectivity index (χ1) is 15.4. The SMILES string of the molecule is CN[S+]([O-])c1cccc(NC(=O)c2c(F)cnc(C3CC3)c2Oc2ccc(F)nc2C)c1. The Morgan fingerprint density at radius 3 is 2.72 bits per heavy atom. The summed E-state index contributed by atoms with van der Waals surface area (Å²) in [6.45, 7) is 1.55. The minimum Gasteiger partial charge on any atom is -0.593 e. The molecule has 7 nitrogen and oxygen atoms in total. The van der Waals surface area contributed by atoms with Crippen LogP contribution in [0.1, 0.15) is 40.5 Å². The Hall–Kier alpha value is -3.08. The van der Waals surface area contributed by atoms with E-state index in [-0.39, 0.29) is 28.7 Å². The third kappa shape index (κ3) is 4.72. The number of nitrogens with zero attached hydrogens (tertiary/aromatic N) is 2. The van der Waals surface area contributed by atoms with E-state index in [0.29, 0.717) is 16.3 Å². The van der Waals surface area contributed by atoms with Crippen molar-refractivity contribution in [1.29, 1.82) is 0 Å². The number of ether oxygens (including phenoxy) is 1. The molecule has 1 amide bonds. The van der Waals surface area contributed by atoms with Crippen molar-refractivity contribution >= 4 is 23.0 Å². The Morgan fingerprint density at radius 2 is 2.03 bits per heavy atom. The highest BCUT2D eigenvalue weighted by Crippen LogP contribution is 2.46. The van der Waals surface area contributed by atoms with Crippen LogP contribution in [0.25, 0.3) is 0 Å². The molecule has 1 aliphatic rings. The minimum absolute atomic E-state index is 0.0172. The number of amides is 1. The van der Waals surface area contributed by atoms with Crippen molar-refractivity contribution in [3.05, 3.63) is 71.3 Å². The van der Waals surface area contributed by atoms with E-state index >= 15 is 0 Å². The minimum atomic E-state index is -1.45. The quantitative estimate of drug-likeness (QED) is 0.406. The number of carbonyl (C=O) groups is 1. The normalized spacial score (nSPS) is 14.2. The van der Waals surface area contributed by atoms with Crippen LogP contribution in [0.2, 0.25) is 0 Å². The van der Waals surface area contributed by atoms with Gasteiger partial charge in [0.25, 0.3) is 5.91 Å². The number of halogens is 2. The van der Waals surface area contributed by atoms with Gasteiger partial charge in [-0.2, -0.15) is 4.39 Å². The smallest absolute Gasteiger partial charge is 0.262 e. The lowest BCUT2D eigenvalue weighted by atomic mass is 10.1. The van der Waals surface area contributed by atoms with Crippen LogP contribution in [0, 0.1) is 18.7 Å². The van der Waals surface area contributed by atoms with E-state index in [1.165, 1.54) is 12.1 Å². The van der Waals surface area contributed by atoms with Crippen LogP contribution in [0.5, 0.6) is 11.5 Å². The average molecular weight is 458 g/mol. The van der Waals surface area contributed by atoms with E-state index in [2.05, 4.69) is 20.0 Å². The molecule has 166 valence electrons. The van der Waals surface area contributed by atoms with Crippen molar-refractivity contribution in [2.45, 2.75) is 30.6 Å². The fraction of sp³-hybridized carbons (Fsp3) is 0.227. The molecule has 0 aliphatic heterocycles. The summed E-state index contributed by atoms with van der Waals surface area (Å²) in [6, 6.07) is 8.89. The summed E-state index contributed by atoms with van der Waals surface area (Å²) < 4.78 is 48.8. The van der Waals surface area contributed by atoms with Crippen molar-refractivity contribution in [3.63, 3.8) is 0 Å². The Bertz CT molecular complexity index is 1170. The zero-order chi connectivity index (χ0) is 22.8. The number of nitrogens with one attached hydrogen (secondary N) is 2. The van der Waals surface area contributed by atoms with Gasteiger partial charge in [-0.1, -0.05) is 6.07 Å². The van der Waals surface area contributed by atoms with E-state index in [9.17, 15) is 18.1 Å². The molecule has 4 rings (SSSR count). The lowest BCUT2D eigenvalue weighted by molar-refractivity contribution is 0.102. The number of anilines is 1. The molecule has 1 atom stereocenters. The second-order valence-electron chi connectivity index (χ2n) is 7.24. The standard InChI is InChI=1S/C22H20F2N4O3S/c1-12-17(8-9-18(24)27-12)31-21-19(16(23)11-26-20(21)13-6-7-13)22(29)28-14-4-3-5-15(10-14)32(30)25-2/h3-5,8-11,13,25H,6-7H2,1-2H3,(H,28,29). The lowest BCUT2D eigenvalue weighted by Crippen LogP contribution is -2.20. The molecule has 1 aromatic carbocycles. The molecule has 1 aliphatic carbocycles. The van der Waals surface area contributed by atoms with Gasteiger partial charge in [-0.15, -0.1) is 4.72 Å². The summed E-state index contributed by atoms with van der Waals surface area (Å²) >= 11 is -1.45. The van der Waals surface area contributed by atoms with Crippen LogP contribution >= 0.6 is 0 Å². The number of rotatable bonds is 7. The lowest BCUT2D eigenvalue weighted by Gasteiger charge is -2.16. The van der Waals surface area contributed by atoms with Crippen LogP contribution in [-0.4, -0.2) is 27.5 Å². The van der Waals surface area contributed by atoms with Gasteiger partial charge in [0.2, 0.25) is 5.95 Å². The van der Waals surface area contributed by atoms with Gasteiger partial charge in [-0.05, 0) is 44.0 Å². The fourth-order valence-electron chi connectivity index (χ4n) is 3.18. The van der Waals surface area contributed by atoms with Gasteiger partial charge < -0.3 is 14.6 Å². The van der Waals surface area contributed by atoms with E-state index in [1.54, 1.807) is 32.2 Å². The maximum absolute atomic E-state index is 14.9. The molecular weight excluding hydrogens is 438 g/mol. The Kier molecular flexibility index (Phi) is 6.35. The van der Waals surface area contributed by atoms with Gasteiger partial charge in [0.15, 0.2) is 16.5 Å². The molecule has 1 unspecified atom stereocenters. The molecule has 0 bridgehead atoms. The number of carbonyl (C=O) groups excluding carboxylic acids is 1.